The summed E-state index contributed by atoms with van der Waals surface area (Å²) in [5, 5.41) is 17.7. The van der Waals surface area contributed by atoms with E-state index in [2.05, 4.69) is 34.9 Å². The van der Waals surface area contributed by atoms with Crippen LogP contribution in [0.1, 0.15) is 48.1 Å². The molecule has 6 heteroatoms. The van der Waals surface area contributed by atoms with E-state index in [4.69, 9.17) is 4.74 Å². The summed E-state index contributed by atoms with van der Waals surface area (Å²) in [5.41, 5.74) is 3.77. The molecule has 1 unspecified atom stereocenters. The maximum absolute atomic E-state index is 12.1. The highest BCUT2D eigenvalue weighted by atomic mass is 16.5. The van der Waals surface area contributed by atoms with Gasteiger partial charge in [-0.15, -0.1) is 0 Å². The monoisotopic (exact) mass is 395 g/mol. The summed E-state index contributed by atoms with van der Waals surface area (Å²) in [6.45, 7) is 1.65. The number of methoxy groups -OCH3 is 1. The van der Waals surface area contributed by atoms with E-state index in [-0.39, 0.29) is 18.4 Å². The average Bonchev–Trinajstić information content (AvgIpc) is 2.76. The third-order valence-corrected chi connectivity index (χ3v) is 6.06. The van der Waals surface area contributed by atoms with Crippen LogP contribution in [0.2, 0.25) is 0 Å². The van der Waals surface area contributed by atoms with Crippen LogP contribution in [0.25, 0.3) is 0 Å². The molecular weight excluding hydrogens is 366 g/mol. The zero-order valence-corrected chi connectivity index (χ0v) is 17.0. The number of benzene rings is 2. The topological polar surface area (TPSA) is 73.8 Å². The molecule has 2 aliphatic rings. The molecule has 2 aromatic rings. The maximum atomic E-state index is 12.1. The van der Waals surface area contributed by atoms with Crippen molar-refractivity contribution in [3.63, 3.8) is 0 Å². The van der Waals surface area contributed by atoms with Crippen LogP contribution in [0.5, 0.6) is 5.75 Å². The van der Waals surface area contributed by atoms with Crippen LogP contribution >= 0.6 is 0 Å². The van der Waals surface area contributed by atoms with Gasteiger partial charge in [0.1, 0.15) is 5.75 Å². The van der Waals surface area contributed by atoms with E-state index in [1.54, 1.807) is 19.1 Å². The number of hydrogen-bond acceptors (Lipinski definition) is 5. The zero-order valence-electron chi connectivity index (χ0n) is 17.0. The molecule has 0 aliphatic carbocycles. The normalized spacial score (nSPS) is 24.3. The maximum Gasteiger partial charge on any atom is 0.229 e. The van der Waals surface area contributed by atoms with Crippen molar-refractivity contribution in [3.8, 4) is 5.75 Å². The molecule has 0 aromatic heterocycles. The van der Waals surface area contributed by atoms with Crippen LogP contribution in [0, 0.1) is 0 Å². The van der Waals surface area contributed by atoms with Crippen LogP contribution in [0.3, 0.4) is 0 Å². The molecule has 1 amide bonds. The third kappa shape index (κ3) is 4.01. The summed E-state index contributed by atoms with van der Waals surface area (Å²) in [4.78, 5) is 13.8. The van der Waals surface area contributed by atoms with E-state index >= 15 is 0 Å². The smallest absolute Gasteiger partial charge is 0.229 e. The first-order valence-corrected chi connectivity index (χ1v) is 10.3. The fourth-order valence-electron chi connectivity index (χ4n) is 4.42. The molecule has 2 aliphatic heterocycles. The fraction of sp³-hybridized carbons (Fsp3) is 0.435. The second-order valence-corrected chi connectivity index (χ2v) is 7.87. The minimum absolute atomic E-state index is 0.0744. The Balaban J connectivity index is 1.56. The summed E-state index contributed by atoms with van der Waals surface area (Å²) in [6.07, 6.45) is 1.55. The minimum Gasteiger partial charge on any atom is -0.496 e. The van der Waals surface area contributed by atoms with Gasteiger partial charge in [0.15, 0.2) is 0 Å². The molecule has 2 aromatic carbocycles. The van der Waals surface area contributed by atoms with Gasteiger partial charge < -0.3 is 25.4 Å². The van der Waals surface area contributed by atoms with Crippen LogP contribution in [-0.4, -0.2) is 37.8 Å². The Bertz CT molecular complexity index is 871. The second-order valence-electron chi connectivity index (χ2n) is 7.87. The lowest BCUT2D eigenvalue weighted by Gasteiger charge is -2.34. The standard InChI is InChI=1S/C23H29N3O3/c1-26-19-11-16(21(29-2)12-17(19)20(27)13-22(26)28)14-25-18-9-6-10-24-23(18)15-7-4-3-5-8-15/h3-5,7-8,11-12,18,20,23-25,27H,6,9-10,13-14H2,1-2H3/t18-,20?,23-/m0/s1. The Morgan fingerprint density at radius 2 is 2.07 bits per heavy atom. The number of aliphatic hydroxyl groups excluding tert-OH is 1. The number of carbonyl (C=O) groups is 1. The van der Waals surface area contributed by atoms with Crippen molar-refractivity contribution >= 4 is 11.6 Å². The van der Waals surface area contributed by atoms with Crippen molar-refractivity contribution in [3.05, 3.63) is 59.2 Å². The number of aliphatic hydroxyl groups is 1. The predicted octanol–water partition coefficient (Wildman–Crippen LogP) is 2.68. The highest BCUT2D eigenvalue weighted by Gasteiger charge is 2.30. The van der Waals surface area contributed by atoms with Crippen LogP contribution < -0.4 is 20.3 Å². The number of carbonyl (C=O) groups excluding carboxylic acids is 1. The largest absolute Gasteiger partial charge is 0.496 e. The van der Waals surface area contributed by atoms with Crippen molar-refractivity contribution < 1.29 is 14.6 Å². The molecule has 2 heterocycles. The molecule has 3 N–H and O–H groups in total. The predicted molar refractivity (Wildman–Crippen MR) is 113 cm³/mol. The molecule has 154 valence electrons. The SMILES string of the molecule is COc1cc2c(cc1CN[C@H]1CCCN[C@H]1c1ccccc1)N(C)C(=O)CC2O. The molecule has 0 saturated carbocycles. The van der Waals surface area contributed by atoms with Gasteiger partial charge in [-0.25, -0.2) is 0 Å². The quantitative estimate of drug-likeness (QED) is 0.726. The number of nitrogens with one attached hydrogen (secondary N) is 2. The van der Waals surface area contributed by atoms with Gasteiger partial charge in [-0.05, 0) is 37.1 Å². The summed E-state index contributed by atoms with van der Waals surface area (Å²) >= 11 is 0. The van der Waals surface area contributed by atoms with Gasteiger partial charge >= 0.3 is 0 Å². The van der Waals surface area contributed by atoms with Crippen LogP contribution in [0.15, 0.2) is 42.5 Å². The highest BCUT2D eigenvalue weighted by Crippen LogP contribution is 2.38. The lowest BCUT2D eigenvalue weighted by atomic mass is 9.91. The molecule has 4 rings (SSSR count). The van der Waals surface area contributed by atoms with E-state index in [1.165, 1.54) is 5.56 Å². The molecule has 29 heavy (non-hydrogen) atoms. The molecular formula is C23H29N3O3. The number of anilines is 1. The summed E-state index contributed by atoms with van der Waals surface area (Å²) in [6, 6.07) is 14.9. The second kappa shape index (κ2) is 8.53. The van der Waals surface area contributed by atoms with E-state index in [0.29, 0.717) is 12.6 Å². The average molecular weight is 396 g/mol. The number of rotatable bonds is 5. The lowest BCUT2D eigenvalue weighted by Crippen LogP contribution is -2.45. The third-order valence-electron chi connectivity index (χ3n) is 6.06. The van der Waals surface area contributed by atoms with Crippen LogP contribution in [-0.2, 0) is 11.3 Å². The lowest BCUT2D eigenvalue weighted by molar-refractivity contribution is -0.120. The summed E-state index contributed by atoms with van der Waals surface area (Å²) in [5.74, 6) is 0.660. The number of piperidine rings is 1. The Hall–Kier alpha value is -2.41. The van der Waals surface area contributed by atoms with E-state index in [9.17, 15) is 9.90 Å². The first-order valence-electron chi connectivity index (χ1n) is 10.3. The van der Waals surface area contributed by atoms with Gasteiger partial charge in [0.2, 0.25) is 5.91 Å². The van der Waals surface area contributed by atoms with E-state index < -0.39 is 6.10 Å². The zero-order chi connectivity index (χ0) is 20.4. The molecule has 1 fully saturated rings. The first-order chi connectivity index (χ1) is 14.1. The van der Waals surface area contributed by atoms with Gasteiger partial charge in [0, 0.05) is 42.5 Å². The number of amides is 1. The minimum atomic E-state index is -0.783. The van der Waals surface area contributed by atoms with Gasteiger partial charge in [-0.2, -0.15) is 0 Å². The van der Waals surface area contributed by atoms with Gasteiger partial charge in [-0.1, -0.05) is 30.3 Å². The van der Waals surface area contributed by atoms with Crippen molar-refractivity contribution in [2.24, 2.45) is 0 Å². The summed E-state index contributed by atoms with van der Waals surface area (Å²) in [7, 11) is 3.40. The number of fused-ring (bicyclic) bond motifs is 1. The number of nitrogens with zero attached hydrogens (tertiary/aromatic N) is 1. The molecule has 3 atom stereocenters. The van der Waals surface area contributed by atoms with Gasteiger partial charge in [0.05, 0.1) is 19.6 Å². The molecule has 0 bridgehead atoms. The van der Waals surface area contributed by atoms with Crippen LogP contribution in [0.4, 0.5) is 5.69 Å². The molecule has 0 radical (unpaired) electrons. The van der Waals surface area contributed by atoms with Crippen molar-refractivity contribution in [2.45, 2.75) is 44.0 Å². The molecule has 6 nitrogen and oxygen atoms in total. The number of hydrogen-bond donors (Lipinski definition) is 3. The first kappa shape index (κ1) is 19.9. The summed E-state index contributed by atoms with van der Waals surface area (Å²) < 4.78 is 5.60. The highest BCUT2D eigenvalue weighted by molar-refractivity contribution is 5.96. The van der Waals surface area contributed by atoms with Crippen molar-refractivity contribution in [2.75, 3.05) is 25.6 Å². The van der Waals surface area contributed by atoms with Gasteiger partial charge in [0.25, 0.3) is 0 Å². The Kier molecular flexibility index (Phi) is 5.85. The number of ether oxygens (including phenoxy) is 1. The van der Waals surface area contributed by atoms with Crippen molar-refractivity contribution in [1.29, 1.82) is 0 Å². The Labute approximate surface area is 171 Å². The van der Waals surface area contributed by atoms with E-state index in [0.717, 1.165) is 42.0 Å². The Morgan fingerprint density at radius 3 is 2.83 bits per heavy atom. The van der Waals surface area contributed by atoms with Crippen molar-refractivity contribution in [1.82, 2.24) is 10.6 Å². The molecule has 1 saturated heterocycles. The Morgan fingerprint density at radius 1 is 1.28 bits per heavy atom. The molecule has 0 spiro atoms. The van der Waals surface area contributed by atoms with Gasteiger partial charge in [-0.3, -0.25) is 4.79 Å². The fourth-order valence-corrected chi connectivity index (χ4v) is 4.42. The van der Waals surface area contributed by atoms with E-state index in [1.807, 2.05) is 18.2 Å².